The van der Waals surface area contributed by atoms with Gasteiger partial charge in [0.25, 0.3) is 0 Å². The van der Waals surface area contributed by atoms with Crippen LogP contribution in [0.15, 0.2) is 70.6 Å². The van der Waals surface area contributed by atoms with E-state index in [1.54, 1.807) is 19.1 Å². The van der Waals surface area contributed by atoms with Crippen LogP contribution in [0.3, 0.4) is 0 Å². The molecule has 5 heteroatoms. The van der Waals surface area contributed by atoms with E-state index in [9.17, 15) is 10.2 Å². The fourth-order valence-electron chi connectivity index (χ4n) is 8.09. The van der Waals surface area contributed by atoms with Crippen LogP contribution in [0.2, 0.25) is 0 Å². The molecular formula is C57H90N2NiO2. The molecular weight excluding hydrogens is 803 g/mol. The van der Waals surface area contributed by atoms with Crippen LogP contribution < -0.4 is 10.2 Å². The van der Waals surface area contributed by atoms with Crippen molar-refractivity contribution in [2.75, 3.05) is 0 Å². The Kier molecular flexibility index (Phi) is 35.5. The zero-order valence-corrected chi connectivity index (χ0v) is 41.7. The van der Waals surface area contributed by atoms with Crippen LogP contribution in [0.1, 0.15) is 237 Å². The van der Waals surface area contributed by atoms with E-state index in [0.717, 1.165) is 49.9 Å². The van der Waals surface area contributed by atoms with Crippen LogP contribution in [0.25, 0.3) is 0 Å². The Labute approximate surface area is 392 Å². The van der Waals surface area contributed by atoms with Crippen LogP contribution in [0.5, 0.6) is 11.5 Å². The van der Waals surface area contributed by atoms with Gasteiger partial charge < -0.3 is 10.2 Å². The van der Waals surface area contributed by atoms with Gasteiger partial charge in [-0.1, -0.05) is 223 Å². The van der Waals surface area contributed by atoms with E-state index in [4.69, 9.17) is 9.98 Å². The van der Waals surface area contributed by atoms with E-state index in [2.05, 4.69) is 76.2 Å². The average molecular weight is 894 g/mol. The van der Waals surface area contributed by atoms with Crippen molar-refractivity contribution in [3.8, 4) is 11.5 Å². The topological polar surface area (TPSA) is 70.8 Å². The second-order valence-electron chi connectivity index (χ2n) is 17.8. The minimum atomic E-state index is -0.346. The summed E-state index contributed by atoms with van der Waals surface area (Å²) in [6.45, 7) is 12.8. The molecule has 0 radical (unpaired) electrons. The summed E-state index contributed by atoms with van der Waals surface area (Å²) >= 11 is 0. The number of nitrogens with zero attached hydrogens (tertiary/aromatic N) is 2. The van der Waals surface area contributed by atoms with Crippen molar-refractivity contribution in [3.05, 3.63) is 82.9 Å². The maximum atomic E-state index is 11.3. The van der Waals surface area contributed by atoms with E-state index >= 15 is 0 Å². The quantitative estimate of drug-likeness (QED) is 0.0340. The summed E-state index contributed by atoms with van der Waals surface area (Å²) in [4.78, 5) is 10.7. The van der Waals surface area contributed by atoms with Gasteiger partial charge >= 0.3 is 16.5 Å². The van der Waals surface area contributed by atoms with E-state index in [0.29, 0.717) is 17.5 Å². The van der Waals surface area contributed by atoms with Gasteiger partial charge in [-0.3, -0.25) is 9.98 Å². The van der Waals surface area contributed by atoms with Crippen LogP contribution in [-0.2, 0) is 35.8 Å². The SMILES string of the molecule is CCCCCCCCCCCCc1cccc(N=C(CCCC)C(CCCCC)=Nc2cccc(CCCCCCCCCCCC)c2)c1.CCCc1ccc(C)c([O-])c1[O-].[Ni+2]. The molecule has 0 amide bonds. The molecule has 0 heterocycles. The number of hydrogen-bond acceptors (Lipinski definition) is 4. The van der Waals surface area contributed by atoms with Crippen molar-refractivity contribution >= 4 is 22.8 Å². The Bertz CT molecular complexity index is 1600. The Morgan fingerprint density at radius 2 is 0.790 bits per heavy atom. The van der Waals surface area contributed by atoms with Crippen molar-refractivity contribution < 1.29 is 26.7 Å². The van der Waals surface area contributed by atoms with Crippen molar-refractivity contribution in [1.29, 1.82) is 0 Å². The molecule has 0 spiro atoms. The van der Waals surface area contributed by atoms with Crippen LogP contribution in [-0.4, -0.2) is 11.4 Å². The molecule has 350 valence electrons. The Morgan fingerprint density at radius 3 is 1.21 bits per heavy atom. The standard InChI is InChI=1S/C47H78N2.C10H14O2.Ni/c1-5-9-13-15-17-19-21-23-25-28-32-42-34-30-36-44(40-42)48-46(38-12-8-4)47(39-27-11-7-3)49-45-37-31-35-43(41-45)33-29-26-24-22-20-18-16-14-10-6-2;1-3-4-8-6-5-7(2)9(11)10(8)12;/h30-31,34-37,40-41H,5-29,32-33,38-39H2,1-4H3;5-6,11-12H,3-4H2,1-2H3;/q;;+2/p-2. The summed E-state index contributed by atoms with van der Waals surface area (Å²) in [5.74, 6) is -0.669. The third kappa shape index (κ3) is 26.7. The number of rotatable bonds is 34. The molecule has 3 aromatic carbocycles. The van der Waals surface area contributed by atoms with Crippen molar-refractivity contribution in [2.45, 2.75) is 241 Å². The van der Waals surface area contributed by atoms with Gasteiger partial charge in [-0.05, 0) is 100 Å². The molecule has 0 atom stereocenters. The second kappa shape index (κ2) is 38.5. The molecule has 3 aromatic rings. The molecule has 0 aliphatic carbocycles. The van der Waals surface area contributed by atoms with Crippen LogP contribution >= 0.6 is 0 Å². The first-order chi connectivity index (χ1) is 29.9. The maximum Gasteiger partial charge on any atom is 2.00 e. The fraction of sp³-hybridized carbons (Fsp3) is 0.649. The predicted octanol–water partition coefficient (Wildman–Crippen LogP) is 17.3. The molecule has 0 bridgehead atoms. The molecule has 0 saturated carbocycles. The van der Waals surface area contributed by atoms with Crippen molar-refractivity contribution in [3.63, 3.8) is 0 Å². The van der Waals surface area contributed by atoms with Gasteiger partial charge in [-0.15, -0.1) is 11.5 Å². The van der Waals surface area contributed by atoms with Gasteiger partial charge in [0.05, 0.1) is 22.8 Å². The first-order valence-corrected chi connectivity index (χ1v) is 25.7. The zero-order valence-electron chi connectivity index (χ0n) is 40.7. The summed E-state index contributed by atoms with van der Waals surface area (Å²) in [5.41, 5.74) is 8.67. The van der Waals surface area contributed by atoms with Gasteiger partial charge in [-0.25, -0.2) is 0 Å². The average Bonchev–Trinajstić information content (AvgIpc) is 3.27. The molecule has 0 fully saturated rings. The third-order valence-electron chi connectivity index (χ3n) is 12.0. The Hall–Kier alpha value is -2.91. The van der Waals surface area contributed by atoms with Crippen molar-refractivity contribution in [2.24, 2.45) is 9.98 Å². The number of hydrogen-bond donors (Lipinski definition) is 0. The van der Waals surface area contributed by atoms with Gasteiger partial charge in [-0.2, -0.15) is 0 Å². The number of unbranched alkanes of at least 4 members (excludes halogenated alkanes) is 21. The summed E-state index contributed by atoms with van der Waals surface area (Å²) in [6, 6.07) is 21.6. The Morgan fingerprint density at radius 1 is 0.403 bits per heavy atom. The molecule has 0 aliphatic rings. The fourth-order valence-corrected chi connectivity index (χ4v) is 8.09. The molecule has 4 nitrogen and oxygen atoms in total. The summed E-state index contributed by atoms with van der Waals surface area (Å²) in [7, 11) is 0. The van der Waals surface area contributed by atoms with Crippen molar-refractivity contribution in [1.82, 2.24) is 0 Å². The first-order valence-electron chi connectivity index (χ1n) is 25.7. The van der Waals surface area contributed by atoms with Gasteiger partial charge in [0.2, 0.25) is 0 Å². The molecule has 0 aromatic heterocycles. The summed E-state index contributed by atoms with van der Waals surface area (Å²) in [6.07, 6.45) is 39.6. The van der Waals surface area contributed by atoms with Gasteiger partial charge in [0.1, 0.15) is 0 Å². The maximum absolute atomic E-state index is 11.3. The number of aryl methyl sites for hydroxylation is 4. The summed E-state index contributed by atoms with van der Waals surface area (Å²) < 4.78 is 0. The predicted molar refractivity (Wildman–Crippen MR) is 266 cm³/mol. The van der Waals surface area contributed by atoms with E-state index in [1.165, 1.54) is 177 Å². The second-order valence-corrected chi connectivity index (χ2v) is 17.8. The first kappa shape index (κ1) is 57.1. The molecule has 0 unspecified atom stereocenters. The van der Waals surface area contributed by atoms with Gasteiger partial charge in [0.15, 0.2) is 0 Å². The van der Waals surface area contributed by atoms with E-state index < -0.39 is 0 Å². The molecule has 0 N–H and O–H groups in total. The minimum absolute atomic E-state index is 0. The summed E-state index contributed by atoms with van der Waals surface area (Å²) in [5, 5.41) is 22.4. The molecule has 0 aliphatic heterocycles. The van der Waals surface area contributed by atoms with E-state index in [-0.39, 0.29) is 28.0 Å². The monoisotopic (exact) mass is 893 g/mol. The van der Waals surface area contributed by atoms with Crippen LogP contribution in [0.4, 0.5) is 11.4 Å². The molecule has 62 heavy (non-hydrogen) atoms. The van der Waals surface area contributed by atoms with Crippen LogP contribution in [0, 0.1) is 6.92 Å². The minimum Gasteiger partial charge on any atom is -0.873 e. The smallest absolute Gasteiger partial charge is 0.873 e. The Balaban J connectivity index is 0.00000127. The van der Waals surface area contributed by atoms with E-state index in [1.807, 2.05) is 6.92 Å². The largest absolute Gasteiger partial charge is 2.00 e. The normalized spacial score (nSPS) is 11.6. The zero-order chi connectivity index (χ0) is 44.2. The van der Waals surface area contributed by atoms with Gasteiger partial charge in [0, 0.05) is 0 Å². The number of aliphatic imine (C=N–C) groups is 2. The third-order valence-corrected chi connectivity index (χ3v) is 12.0. The molecule has 0 saturated heterocycles. The number of benzene rings is 3. The molecule has 3 rings (SSSR count).